The van der Waals surface area contributed by atoms with Gasteiger partial charge in [0.15, 0.2) is 5.82 Å². The molecule has 6 nitrogen and oxygen atoms in total. The highest BCUT2D eigenvalue weighted by atomic mass is 16.2. The molecular weight excluding hydrogens is 362 g/mol. The first-order valence-electron chi connectivity index (χ1n) is 10.4. The van der Waals surface area contributed by atoms with Crippen LogP contribution in [0.1, 0.15) is 71.9 Å². The smallest absolute Gasteiger partial charge is 0.291 e. The van der Waals surface area contributed by atoms with Crippen LogP contribution in [0.3, 0.4) is 0 Å². The number of H-pyrrole nitrogens is 1. The van der Waals surface area contributed by atoms with Gasteiger partial charge in [0.25, 0.3) is 5.91 Å². The third kappa shape index (κ3) is 4.41. The van der Waals surface area contributed by atoms with Crippen molar-refractivity contribution in [1.82, 2.24) is 14.9 Å². The fourth-order valence-electron chi connectivity index (χ4n) is 4.29. The van der Waals surface area contributed by atoms with Crippen LogP contribution in [0.4, 0.5) is 5.69 Å². The Labute approximate surface area is 171 Å². The summed E-state index contributed by atoms with van der Waals surface area (Å²) in [7, 11) is 2.18. The van der Waals surface area contributed by atoms with E-state index < -0.39 is 0 Å². The molecule has 0 radical (unpaired) electrons. The van der Waals surface area contributed by atoms with Crippen LogP contribution >= 0.6 is 0 Å². The van der Waals surface area contributed by atoms with Crippen LogP contribution in [0.2, 0.25) is 0 Å². The first-order chi connectivity index (χ1) is 14.1. The van der Waals surface area contributed by atoms with Crippen LogP contribution in [0.5, 0.6) is 0 Å². The number of carbonyl (C=O) groups excluding carboxylic acids is 1. The maximum Gasteiger partial charge on any atom is 0.291 e. The average Bonchev–Trinajstić information content (AvgIpc) is 3.25. The van der Waals surface area contributed by atoms with Gasteiger partial charge in [0.2, 0.25) is 0 Å². The molecule has 0 atom stereocenters. The Kier molecular flexibility index (Phi) is 5.77. The number of hydrogen-bond donors (Lipinski definition) is 2. The summed E-state index contributed by atoms with van der Waals surface area (Å²) in [4.78, 5) is 21.8. The van der Waals surface area contributed by atoms with Crippen molar-refractivity contribution in [2.75, 3.05) is 25.5 Å². The minimum absolute atomic E-state index is 0.157. The lowest BCUT2D eigenvalue weighted by molar-refractivity contribution is 0.101. The van der Waals surface area contributed by atoms with E-state index in [-0.39, 0.29) is 17.4 Å². The first-order valence-corrected chi connectivity index (χ1v) is 10.4. The van der Waals surface area contributed by atoms with Gasteiger partial charge in [-0.1, -0.05) is 12.1 Å². The number of nitrogens with one attached hydrogen (secondary N) is 2. The molecule has 1 aliphatic carbocycles. The lowest BCUT2D eigenvalue weighted by Crippen LogP contribution is -2.29. The summed E-state index contributed by atoms with van der Waals surface area (Å²) in [5, 5.41) is 12.0. The molecule has 1 amide bonds. The number of nitrogens with zero attached hydrogens (tertiary/aromatic N) is 3. The Hall–Kier alpha value is -2.91. The van der Waals surface area contributed by atoms with E-state index in [4.69, 9.17) is 5.26 Å². The van der Waals surface area contributed by atoms with Crippen molar-refractivity contribution in [2.45, 2.75) is 44.4 Å². The zero-order valence-corrected chi connectivity index (χ0v) is 16.9. The molecule has 2 N–H and O–H groups in total. The van der Waals surface area contributed by atoms with Crippen molar-refractivity contribution in [3.8, 4) is 6.07 Å². The zero-order valence-electron chi connectivity index (χ0n) is 16.9. The summed E-state index contributed by atoms with van der Waals surface area (Å²) >= 11 is 0. The molecule has 1 aliphatic heterocycles. The highest BCUT2D eigenvalue weighted by molar-refractivity contribution is 6.03. The number of amides is 1. The molecule has 29 heavy (non-hydrogen) atoms. The number of piperidine rings is 1. The average molecular weight is 390 g/mol. The number of allylic oxidation sites excluding steroid dienone is 2. The predicted octanol–water partition coefficient (Wildman–Crippen LogP) is 4.30. The molecule has 0 bridgehead atoms. The maximum atomic E-state index is 12.7. The van der Waals surface area contributed by atoms with Crippen LogP contribution in [0, 0.1) is 11.3 Å². The number of rotatable bonds is 4. The predicted molar refractivity (Wildman–Crippen MR) is 114 cm³/mol. The van der Waals surface area contributed by atoms with Crippen LogP contribution in [0.25, 0.3) is 5.57 Å². The van der Waals surface area contributed by atoms with E-state index in [1.807, 2.05) is 12.1 Å². The van der Waals surface area contributed by atoms with Crippen LogP contribution in [0.15, 0.2) is 30.5 Å². The van der Waals surface area contributed by atoms with E-state index in [2.05, 4.69) is 45.4 Å². The van der Waals surface area contributed by atoms with Gasteiger partial charge in [-0.2, -0.15) is 5.26 Å². The van der Waals surface area contributed by atoms with E-state index >= 15 is 0 Å². The minimum Gasteiger partial charge on any atom is -0.326 e. The molecule has 1 saturated heterocycles. The van der Waals surface area contributed by atoms with Crippen LogP contribution < -0.4 is 5.32 Å². The Morgan fingerprint density at radius 2 is 2.14 bits per heavy atom. The van der Waals surface area contributed by atoms with Crippen molar-refractivity contribution < 1.29 is 4.79 Å². The van der Waals surface area contributed by atoms with Gasteiger partial charge in [-0.3, -0.25) is 4.79 Å². The second-order valence-electron chi connectivity index (χ2n) is 8.07. The molecule has 0 unspecified atom stereocenters. The Bertz CT molecular complexity index is 960. The van der Waals surface area contributed by atoms with Gasteiger partial charge in [0, 0.05) is 11.3 Å². The third-order valence-corrected chi connectivity index (χ3v) is 6.03. The zero-order chi connectivity index (χ0) is 20.2. The quantitative estimate of drug-likeness (QED) is 0.816. The normalized spacial score (nSPS) is 18.1. The number of hydrogen-bond acceptors (Lipinski definition) is 4. The van der Waals surface area contributed by atoms with Gasteiger partial charge < -0.3 is 15.2 Å². The number of carbonyl (C=O) groups is 1. The van der Waals surface area contributed by atoms with Gasteiger partial charge in [-0.15, -0.1) is 0 Å². The number of aromatic amines is 1. The summed E-state index contributed by atoms with van der Waals surface area (Å²) < 4.78 is 0. The largest absolute Gasteiger partial charge is 0.326 e. The van der Waals surface area contributed by atoms with E-state index in [9.17, 15) is 4.79 Å². The highest BCUT2D eigenvalue weighted by Crippen LogP contribution is 2.36. The molecule has 150 valence electrons. The Morgan fingerprint density at radius 1 is 1.31 bits per heavy atom. The molecule has 1 aromatic heterocycles. The van der Waals surface area contributed by atoms with Crippen molar-refractivity contribution >= 4 is 17.2 Å². The van der Waals surface area contributed by atoms with E-state index in [0.29, 0.717) is 5.92 Å². The summed E-state index contributed by atoms with van der Waals surface area (Å²) in [5.74, 6) is 0.405. The summed E-state index contributed by atoms with van der Waals surface area (Å²) in [6.07, 6.45) is 10.6. The van der Waals surface area contributed by atoms with Crippen LogP contribution in [-0.2, 0) is 0 Å². The fraction of sp³-hybridized carbons (Fsp3) is 0.435. The lowest BCUT2D eigenvalue weighted by Gasteiger charge is -2.30. The monoisotopic (exact) mass is 389 g/mol. The Morgan fingerprint density at radius 3 is 2.83 bits per heavy atom. The number of nitriles is 1. The number of likely N-dealkylation sites (tertiary alicyclic amines) is 1. The summed E-state index contributed by atoms with van der Waals surface area (Å²) in [5.41, 5.74) is 4.90. The van der Waals surface area contributed by atoms with Gasteiger partial charge in [-0.05, 0) is 87.8 Å². The number of aromatic nitrogens is 2. The van der Waals surface area contributed by atoms with Crippen molar-refractivity contribution in [2.24, 2.45) is 0 Å². The molecule has 6 heteroatoms. The number of anilines is 1. The molecule has 1 fully saturated rings. The SMILES string of the molecule is CN1CCC(c2ccc(NC(=O)c3ncc(C#N)[nH]3)c(C3=CCCCC3)c2)CC1. The first kappa shape index (κ1) is 19.4. The maximum absolute atomic E-state index is 12.7. The highest BCUT2D eigenvalue weighted by Gasteiger charge is 2.21. The molecule has 0 spiro atoms. The fourth-order valence-corrected chi connectivity index (χ4v) is 4.29. The lowest BCUT2D eigenvalue weighted by atomic mass is 9.85. The molecular formula is C23H27N5O. The standard InChI is InChI=1S/C23H27N5O/c1-28-11-9-16(10-12-28)18-7-8-21(20(13-18)17-5-3-2-4-6-17)27-23(29)22-25-15-19(14-24)26-22/h5,7-8,13,15-16H,2-4,6,9-12H2,1H3,(H,25,26)(H,27,29). The van der Waals surface area contributed by atoms with Crippen LogP contribution in [-0.4, -0.2) is 40.9 Å². The number of benzene rings is 1. The molecule has 2 heterocycles. The number of imidazole rings is 1. The molecule has 4 rings (SSSR count). The molecule has 2 aromatic rings. The molecule has 2 aliphatic rings. The second kappa shape index (κ2) is 8.62. The third-order valence-electron chi connectivity index (χ3n) is 6.03. The Balaban J connectivity index is 1.62. The summed E-state index contributed by atoms with van der Waals surface area (Å²) in [6, 6.07) is 8.44. The van der Waals surface area contributed by atoms with E-state index in [1.165, 1.54) is 43.0 Å². The summed E-state index contributed by atoms with van der Waals surface area (Å²) in [6.45, 7) is 2.25. The van der Waals surface area contributed by atoms with Gasteiger partial charge in [-0.25, -0.2) is 4.98 Å². The molecule has 1 aromatic carbocycles. The second-order valence-corrected chi connectivity index (χ2v) is 8.07. The van der Waals surface area contributed by atoms with E-state index in [1.54, 1.807) is 0 Å². The van der Waals surface area contributed by atoms with Gasteiger partial charge in [0.05, 0.1) is 6.20 Å². The molecule has 0 saturated carbocycles. The van der Waals surface area contributed by atoms with Crippen molar-refractivity contribution in [3.05, 3.63) is 53.1 Å². The van der Waals surface area contributed by atoms with Crippen molar-refractivity contribution in [3.63, 3.8) is 0 Å². The van der Waals surface area contributed by atoms with Gasteiger partial charge in [0.1, 0.15) is 11.8 Å². The minimum atomic E-state index is -0.323. The van der Waals surface area contributed by atoms with Gasteiger partial charge >= 0.3 is 0 Å². The van der Waals surface area contributed by atoms with E-state index in [0.717, 1.165) is 37.2 Å². The topological polar surface area (TPSA) is 84.8 Å². The van der Waals surface area contributed by atoms with Crippen molar-refractivity contribution in [1.29, 1.82) is 5.26 Å².